The summed E-state index contributed by atoms with van der Waals surface area (Å²) in [6, 6.07) is -0.388. The molecular formula is C5H13N3O3S. The van der Waals surface area contributed by atoms with Gasteiger partial charge in [-0.2, -0.15) is 0 Å². The maximum Gasteiger partial charge on any atom is 0.314 e. The molecule has 0 bridgehead atoms. The molecule has 0 spiro atoms. The van der Waals surface area contributed by atoms with E-state index >= 15 is 0 Å². The van der Waals surface area contributed by atoms with E-state index in [9.17, 15) is 13.2 Å². The molecule has 0 aliphatic carbocycles. The molecule has 0 radical (unpaired) electrons. The fourth-order valence-electron chi connectivity index (χ4n) is 0.530. The van der Waals surface area contributed by atoms with Crippen LogP contribution in [-0.4, -0.2) is 33.3 Å². The zero-order valence-electron chi connectivity index (χ0n) is 6.83. The summed E-state index contributed by atoms with van der Waals surface area (Å²) in [5.41, 5.74) is 0. The second-order valence-electron chi connectivity index (χ2n) is 2.15. The first-order chi connectivity index (χ1) is 5.45. The van der Waals surface area contributed by atoms with Gasteiger partial charge < -0.3 is 10.6 Å². The molecule has 7 heteroatoms. The highest BCUT2D eigenvalue weighted by atomic mass is 32.2. The van der Waals surface area contributed by atoms with Gasteiger partial charge in [0.1, 0.15) is 0 Å². The average molecular weight is 195 g/mol. The van der Waals surface area contributed by atoms with E-state index in [1.807, 2.05) is 0 Å². The lowest BCUT2D eigenvalue weighted by atomic mass is 10.7. The van der Waals surface area contributed by atoms with E-state index in [0.717, 1.165) is 0 Å². The highest BCUT2D eigenvalue weighted by Gasteiger charge is 2.03. The summed E-state index contributed by atoms with van der Waals surface area (Å²) < 4.78 is 20.8. The minimum atomic E-state index is -3.48. The quantitative estimate of drug-likeness (QED) is 0.514. The van der Waals surface area contributed by atoms with Crippen LogP contribution in [0.2, 0.25) is 0 Å². The Bertz CT molecular complexity index is 236. The summed E-state index contributed by atoms with van der Waals surface area (Å²) >= 11 is 0. The van der Waals surface area contributed by atoms with Gasteiger partial charge in [0.2, 0.25) is 10.0 Å². The van der Waals surface area contributed by atoms with Gasteiger partial charge in [-0.1, -0.05) is 0 Å². The second kappa shape index (κ2) is 4.94. The molecule has 0 aliphatic rings. The molecule has 0 rings (SSSR count). The van der Waals surface area contributed by atoms with Gasteiger partial charge in [-0.15, -0.1) is 0 Å². The molecule has 0 atom stereocenters. The van der Waals surface area contributed by atoms with Gasteiger partial charge in [0, 0.05) is 13.1 Å². The molecule has 0 aromatic rings. The normalized spacial score (nSPS) is 10.8. The molecule has 4 N–H and O–H groups in total. The molecular weight excluding hydrogens is 182 g/mol. The van der Waals surface area contributed by atoms with Crippen molar-refractivity contribution in [1.29, 1.82) is 0 Å². The van der Waals surface area contributed by atoms with Crippen LogP contribution in [0.25, 0.3) is 0 Å². The first kappa shape index (κ1) is 11.2. The Morgan fingerprint density at radius 2 is 2.00 bits per heavy atom. The monoisotopic (exact) mass is 195 g/mol. The van der Waals surface area contributed by atoms with E-state index in [1.165, 1.54) is 0 Å². The standard InChI is InChI=1S/C5H13N3O3S/c1-2-7-5(9)8-3-4-12(6,10)11/h2-4H2,1H3,(H2,6,10,11)(H2,7,8,9). The molecule has 2 amide bonds. The number of hydrogen-bond donors (Lipinski definition) is 3. The van der Waals surface area contributed by atoms with Gasteiger partial charge in [0.25, 0.3) is 0 Å². The summed E-state index contributed by atoms with van der Waals surface area (Å²) in [4.78, 5) is 10.7. The Labute approximate surface area is 71.6 Å². The van der Waals surface area contributed by atoms with Gasteiger partial charge in [-0.3, -0.25) is 0 Å². The van der Waals surface area contributed by atoms with E-state index in [0.29, 0.717) is 6.54 Å². The number of sulfonamides is 1. The zero-order chi connectivity index (χ0) is 9.61. The van der Waals surface area contributed by atoms with Crippen LogP contribution in [0, 0.1) is 0 Å². The first-order valence-corrected chi connectivity index (χ1v) is 5.19. The second-order valence-corrected chi connectivity index (χ2v) is 3.89. The molecule has 0 saturated carbocycles. The largest absolute Gasteiger partial charge is 0.338 e. The van der Waals surface area contributed by atoms with E-state index in [2.05, 4.69) is 10.6 Å². The zero-order valence-corrected chi connectivity index (χ0v) is 7.65. The predicted octanol–water partition coefficient (Wildman–Crippen LogP) is -1.41. The van der Waals surface area contributed by atoms with Crippen molar-refractivity contribution < 1.29 is 13.2 Å². The number of urea groups is 1. The molecule has 0 aliphatic heterocycles. The van der Waals surface area contributed by atoms with Crippen molar-refractivity contribution in [2.24, 2.45) is 5.14 Å². The Hall–Kier alpha value is -0.820. The minimum absolute atomic E-state index is 0.0324. The Morgan fingerprint density at radius 3 is 2.42 bits per heavy atom. The number of hydrogen-bond acceptors (Lipinski definition) is 3. The van der Waals surface area contributed by atoms with Crippen molar-refractivity contribution in [3.05, 3.63) is 0 Å². The topological polar surface area (TPSA) is 101 Å². The van der Waals surface area contributed by atoms with Crippen molar-refractivity contribution >= 4 is 16.1 Å². The van der Waals surface area contributed by atoms with Crippen LogP contribution in [0.15, 0.2) is 0 Å². The molecule has 0 aromatic carbocycles. The Balaban J connectivity index is 3.51. The van der Waals surface area contributed by atoms with E-state index < -0.39 is 10.0 Å². The molecule has 0 fully saturated rings. The van der Waals surface area contributed by atoms with E-state index in [4.69, 9.17) is 5.14 Å². The number of primary sulfonamides is 1. The van der Waals surface area contributed by atoms with Gasteiger partial charge in [0.05, 0.1) is 5.75 Å². The number of amides is 2. The van der Waals surface area contributed by atoms with Crippen LogP contribution in [0.5, 0.6) is 0 Å². The van der Waals surface area contributed by atoms with E-state index in [-0.39, 0.29) is 18.3 Å². The Morgan fingerprint density at radius 1 is 1.42 bits per heavy atom. The van der Waals surface area contributed by atoms with Gasteiger partial charge in [-0.25, -0.2) is 18.4 Å². The number of nitrogens with two attached hydrogens (primary N) is 1. The van der Waals surface area contributed by atoms with Gasteiger partial charge in [0.15, 0.2) is 0 Å². The molecule has 72 valence electrons. The number of rotatable bonds is 4. The smallest absolute Gasteiger partial charge is 0.314 e. The maximum absolute atomic E-state index is 10.7. The summed E-state index contributed by atoms with van der Waals surface area (Å²) in [7, 11) is -3.48. The molecule has 0 heterocycles. The summed E-state index contributed by atoms with van der Waals surface area (Å²) in [5, 5.41) is 9.47. The predicted molar refractivity (Wildman–Crippen MR) is 45.0 cm³/mol. The average Bonchev–Trinajstić information content (AvgIpc) is 1.84. The fourth-order valence-corrected chi connectivity index (χ4v) is 0.916. The van der Waals surface area contributed by atoms with Crippen LogP contribution in [0.3, 0.4) is 0 Å². The van der Waals surface area contributed by atoms with Crippen LogP contribution < -0.4 is 15.8 Å². The summed E-state index contributed by atoms with van der Waals surface area (Å²) in [5.74, 6) is -0.246. The molecule has 0 aromatic heterocycles. The number of carbonyl (C=O) groups is 1. The number of carbonyl (C=O) groups excluding carboxylic acids is 1. The molecule has 0 saturated heterocycles. The van der Waals surface area contributed by atoms with Crippen LogP contribution >= 0.6 is 0 Å². The Kier molecular flexibility index (Phi) is 4.60. The summed E-state index contributed by atoms with van der Waals surface area (Å²) in [6.45, 7) is 2.30. The van der Waals surface area contributed by atoms with Gasteiger partial charge in [-0.05, 0) is 6.92 Å². The SMILES string of the molecule is CCNC(=O)NCCS(N)(=O)=O. The van der Waals surface area contributed by atoms with Crippen LogP contribution in [0.4, 0.5) is 4.79 Å². The summed E-state index contributed by atoms with van der Waals surface area (Å²) in [6.07, 6.45) is 0. The van der Waals surface area contributed by atoms with Gasteiger partial charge >= 0.3 is 6.03 Å². The van der Waals surface area contributed by atoms with Crippen molar-refractivity contribution in [1.82, 2.24) is 10.6 Å². The first-order valence-electron chi connectivity index (χ1n) is 3.48. The lowest BCUT2D eigenvalue weighted by Crippen LogP contribution is -2.38. The number of nitrogens with one attached hydrogen (secondary N) is 2. The third kappa shape index (κ3) is 7.29. The van der Waals surface area contributed by atoms with Crippen molar-refractivity contribution in [3.63, 3.8) is 0 Å². The highest BCUT2D eigenvalue weighted by Crippen LogP contribution is 1.74. The highest BCUT2D eigenvalue weighted by molar-refractivity contribution is 7.89. The van der Waals surface area contributed by atoms with Crippen LogP contribution in [-0.2, 0) is 10.0 Å². The third-order valence-corrected chi connectivity index (χ3v) is 1.78. The van der Waals surface area contributed by atoms with Crippen LogP contribution in [0.1, 0.15) is 6.92 Å². The minimum Gasteiger partial charge on any atom is -0.338 e. The van der Waals surface area contributed by atoms with Crippen molar-refractivity contribution in [2.45, 2.75) is 6.92 Å². The van der Waals surface area contributed by atoms with Crippen molar-refractivity contribution in [3.8, 4) is 0 Å². The molecule has 12 heavy (non-hydrogen) atoms. The van der Waals surface area contributed by atoms with E-state index in [1.54, 1.807) is 6.92 Å². The van der Waals surface area contributed by atoms with Crippen molar-refractivity contribution in [2.75, 3.05) is 18.8 Å². The third-order valence-electron chi connectivity index (χ3n) is 1.01. The molecule has 0 unspecified atom stereocenters. The lowest BCUT2D eigenvalue weighted by Gasteiger charge is -2.03. The fraction of sp³-hybridized carbons (Fsp3) is 0.800. The lowest BCUT2D eigenvalue weighted by molar-refractivity contribution is 0.242. The maximum atomic E-state index is 10.7. The molecule has 6 nitrogen and oxygen atoms in total.